The lowest BCUT2D eigenvalue weighted by atomic mass is 10.1. The van der Waals surface area contributed by atoms with Crippen molar-refractivity contribution in [3.05, 3.63) is 12.4 Å². The first kappa shape index (κ1) is 14.8. The molecule has 1 aromatic heterocycles. The zero-order chi connectivity index (χ0) is 14.4. The van der Waals surface area contributed by atoms with Crippen molar-refractivity contribution in [1.82, 2.24) is 15.1 Å². The van der Waals surface area contributed by atoms with Crippen molar-refractivity contribution in [2.75, 3.05) is 18.5 Å². The summed E-state index contributed by atoms with van der Waals surface area (Å²) >= 11 is 0. The summed E-state index contributed by atoms with van der Waals surface area (Å²) in [6.07, 6.45) is 7.41. The van der Waals surface area contributed by atoms with Gasteiger partial charge in [0.2, 0.25) is 0 Å². The summed E-state index contributed by atoms with van der Waals surface area (Å²) < 4.78 is 7.27. The fourth-order valence-electron chi connectivity index (χ4n) is 2.40. The van der Waals surface area contributed by atoms with E-state index in [0.29, 0.717) is 6.04 Å². The van der Waals surface area contributed by atoms with Gasteiger partial charge in [-0.2, -0.15) is 5.10 Å². The second kappa shape index (κ2) is 7.28. The molecule has 1 aromatic rings. The van der Waals surface area contributed by atoms with E-state index >= 15 is 0 Å². The van der Waals surface area contributed by atoms with Crippen molar-refractivity contribution in [3.63, 3.8) is 0 Å². The number of nitrogens with one attached hydrogen (secondary N) is 2. The van der Waals surface area contributed by atoms with E-state index in [4.69, 9.17) is 4.74 Å². The number of ether oxygens (including phenoxy) is 1. The number of rotatable bonds is 5. The Kier molecular flexibility index (Phi) is 5.40. The van der Waals surface area contributed by atoms with E-state index in [-0.39, 0.29) is 12.1 Å². The van der Waals surface area contributed by atoms with Crippen LogP contribution in [0.25, 0.3) is 0 Å². The number of hydrogen-bond acceptors (Lipinski definition) is 3. The highest BCUT2D eigenvalue weighted by atomic mass is 16.5. The quantitative estimate of drug-likeness (QED) is 0.871. The zero-order valence-corrected chi connectivity index (χ0v) is 12.3. The number of nitrogens with zero attached hydrogens (tertiary/aromatic N) is 2. The summed E-state index contributed by atoms with van der Waals surface area (Å²) in [5.41, 5.74) is 0.736. The molecule has 2 N–H and O–H groups in total. The van der Waals surface area contributed by atoms with Gasteiger partial charge < -0.3 is 15.4 Å². The number of amides is 2. The Morgan fingerprint density at radius 3 is 2.80 bits per heavy atom. The van der Waals surface area contributed by atoms with Crippen LogP contribution in [-0.2, 0) is 4.74 Å². The molecule has 1 aliphatic rings. The lowest BCUT2D eigenvalue weighted by molar-refractivity contribution is 0.0662. The molecule has 2 heterocycles. The highest BCUT2D eigenvalue weighted by Gasteiger charge is 2.17. The fraction of sp³-hybridized carbons (Fsp3) is 0.714. The SMILES string of the molecule is CCC(CC)NC(=O)Nc1cnn(C2CCOCC2)c1. The molecule has 2 rings (SSSR count). The summed E-state index contributed by atoms with van der Waals surface area (Å²) in [5, 5.41) is 10.1. The van der Waals surface area contributed by atoms with Crippen LogP contribution in [0.4, 0.5) is 10.5 Å². The summed E-state index contributed by atoms with van der Waals surface area (Å²) in [4.78, 5) is 11.8. The van der Waals surface area contributed by atoms with E-state index in [1.807, 2.05) is 10.9 Å². The van der Waals surface area contributed by atoms with Gasteiger partial charge in [0.15, 0.2) is 0 Å². The standard InChI is InChI=1S/C14H24N4O2/c1-3-11(4-2)16-14(19)17-12-9-15-18(10-12)13-5-7-20-8-6-13/h9-11,13H,3-8H2,1-2H3,(H2,16,17,19). The molecule has 6 nitrogen and oxygen atoms in total. The predicted molar refractivity (Wildman–Crippen MR) is 77.8 cm³/mol. The molecule has 0 radical (unpaired) electrons. The van der Waals surface area contributed by atoms with E-state index in [2.05, 4.69) is 29.6 Å². The topological polar surface area (TPSA) is 68.2 Å². The number of urea groups is 1. The van der Waals surface area contributed by atoms with E-state index < -0.39 is 0 Å². The number of hydrogen-bond donors (Lipinski definition) is 2. The van der Waals surface area contributed by atoms with Crippen LogP contribution in [-0.4, -0.2) is 35.1 Å². The van der Waals surface area contributed by atoms with E-state index in [0.717, 1.165) is 44.6 Å². The minimum atomic E-state index is -0.162. The molecule has 6 heteroatoms. The molecule has 2 amide bonds. The molecule has 0 aromatic carbocycles. The fourth-order valence-corrected chi connectivity index (χ4v) is 2.40. The van der Waals surface area contributed by atoms with Crippen LogP contribution >= 0.6 is 0 Å². The molecule has 0 saturated carbocycles. The summed E-state index contributed by atoms with van der Waals surface area (Å²) in [6, 6.07) is 0.437. The number of carbonyl (C=O) groups is 1. The molecule has 0 aliphatic carbocycles. The molecule has 1 fully saturated rings. The number of anilines is 1. The van der Waals surface area contributed by atoms with Crippen LogP contribution in [0.1, 0.15) is 45.6 Å². The van der Waals surface area contributed by atoms with Gasteiger partial charge in [0.1, 0.15) is 0 Å². The molecule has 0 unspecified atom stereocenters. The Balaban J connectivity index is 1.87. The first-order valence-corrected chi connectivity index (χ1v) is 7.42. The summed E-state index contributed by atoms with van der Waals surface area (Å²) in [6.45, 7) is 5.69. The van der Waals surface area contributed by atoms with Crippen LogP contribution in [0.15, 0.2) is 12.4 Å². The van der Waals surface area contributed by atoms with Gasteiger partial charge in [0, 0.05) is 25.5 Å². The van der Waals surface area contributed by atoms with Gasteiger partial charge in [0.05, 0.1) is 17.9 Å². The van der Waals surface area contributed by atoms with Gasteiger partial charge in [-0.05, 0) is 25.7 Å². The second-order valence-electron chi connectivity index (χ2n) is 5.16. The number of aromatic nitrogens is 2. The zero-order valence-electron chi connectivity index (χ0n) is 12.3. The van der Waals surface area contributed by atoms with Crippen LogP contribution < -0.4 is 10.6 Å². The molecular formula is C14H24N4O2. The molecule has 0 atom stereocenters. The van der Waals surface area contributed by atoms with Crippen LogP contribution in [0.3, 0.4) is 0 Å². The first-order chi connectivity index (χ1) is 9.72. The van der Waals surface area contributed by atoms with Crippen LogP contribution in [0.2, 0.25) is 0 Å². The third-order valence-electron chi connectivity index (χ3n) is 3.75. The Morgan fingerprint density at radius 1 is 1.45 bits per heavy atom. The maximum Gasteiger partial charge on any atom is 0.319 e. The third kappa shape index (κ3) is 3.96. The highest BCUT2D eigenvalue weighted by Crippen LogP contribution is 2.21. The van der Waals surface area contributed by atoms with E-state index in [9.17, 15) is 4.79 Å². The largest absolute Gasteiger partial charge is 0.381 e. The van der Waals surface area contributed by atoms with Gasteiger partial charge in [0.25, 0.3) is 0 Å². The first-order valence-electron chi connectivity index (χ1n) is 7.42. The Labute approximate surface area is 119 Å². The summed E-state index contributed by atoms with van der Waals surface area (Å²) in [5.74, 6) is 0. The Bertz CT molecular complexity index is 423. The van der Waals surface area contributed by atoms with Gasteiger partial charge in [-0.3, -0.25) is 4.68 Å². The monoisotopic (exact) mass is 280 g/mol. The van der Waals surface area contributed by atoms with Crippen molar-refractivity contribution in [2.24, 2.45) is 0 Å². The normalized spacial score (nSPS) is 16.4. The third-order valence-corrected chi connectivity index (χ3v) is 3.75. The minimum Gasteiger partial charge on any atom is -0.381 e. The molecule has 0 bridgehead atoms. The molecular weight excluding hydrogens is 256 g/mol. The maximum absolute atomic E-state index is 11.8. The smallest absolute Gasteiger partial charge is 0.319 e. The predicted octanol–water partition coefficient (Wildman–Crippen LogP) is 2.54. The molecule has 20 heavy (non-hydrogen) atoms. The average Bonchev–Trinajstić information content (AvgIpc) is 2.94. The molecule has 0 spiro atoms. The number of carbonyl (C=O) groups excluding carboxylic acids is 1. The van der Waals surface area contributed by atoms with Crippen molar-refractivity contribution in [2.45, 2.75) is 51.6 Å². The Morgan fingerprint density at radius 2 is 2.15 bits per heavy atom. The van der Waals surface area contributed by atoms with Crippen molar-refractivity contribution >= 4 is 11.7 Å². The molecule has 1 aliphatic heterocycles. The van der Waals surface area contributed by atoms with Crippen molar-refractivity contribution in [1.29, 1.82) is 0 Å². The maximum atomic E-state index is 11.8. The van der Waals surface area contributed by atoms with Crippen molar-refractivity contribution in [3.8, 4) is 0 Å². The van der Waals surface area contributed by atoms with Gasteiger partial charge in [-0.1, -0.05) is 13.8 Å². The summed E-state index contributed by atoms with van der Waals surface area (Å²) in [7, 11) is 0. The van der Waals surface area contributed by atoms with Gasteiger partial charge >= 0.3 is 6.03 Å². The molecule has 112 valence electrons. The van der Waals surface area contributed by atoms with Crippen LogP contribution in [0, 0.1) is 0 Å². The Hall–Kier alpha value is -1.56. The van der Waals surface area contributed by atoms with Gasteiger partial charge in [-0.15, -0.1) is 0 Å². The minimum absolute atomic E-state index is 0.162. The highest BCUT2D eigenvalue weighted by molar-refractivity contribution is 5.89. The lowest BCUT2D eigenvalue weighted by Crippen LogP contribution is -2.37. The van der Waals surface area contributed by atoms with Crippen molar-refractivity contribution < 1.29 is 9.53 Å². The van der Waals surface area contributed by atoms with Gasteiger partial charge in [-0.25, -0.2) is 4.79 Å². The van der Waals surface area contributed by atoms with E-state index in [1.54, 1.807) is 6.20 Å². The average molecular weight is 280 g/mol. The second-order valence-corrected chi connectivity index (χ2v) is 5.16. The lowest BCUT2D eigenvalue weighted by Gasteiger charge is -2.22. The molecule has 1 saturated heterocycles. The van der Waals surface area contributed by atoms with Crippen LogP contribution in [0.5, 0.6) is 0 Å². The van der Waals surface area contributed by atoms with E-state index in [1.165, 1.54) is 0 Å².